The van der Waals surface area contributed by atoms with Gasteiger partial charge in [0.15, 0.2) is 6.04 Å². The van der Waals surface area contributed by atoms with Crippen LogP contribution in [-0.4, -0.2) is 35.2 Å². The van der Waals surface area contributed by atoms with Gasteiger partial charge >= 0.3 is 5.97 Å². The van der Waals surface area contributed by atoms with E-state index < -0.39 is 30.1 Å². The lowest BCUT2D eigenvalue weighted by Crippen LogP contribution is -2.46. The highest BCUT2D eigenvalue weighted by Crippen LogP contribution is 2.19. The van der Waals surface area contributed by atoms with E-state index in [2.05, 4.69) is 25.4 Å². The van der Waals surface area contributed by atoms with Crippen molar-refractivity contribution in [2.75, 3.05) is 6.61 Å². The third-order valence-electron chi connectivity index (χ3n) is 2.90. The Hall–Kier alpha value is -3.26. The second kappa shape index (κ2) is 9.28. The molecule has 0 radical (unpaired) electrons. The Bertz CT molecular complexity index is 775. The van der Waals surface area contributed by atoms with Gasteiger partial charge in [0.25, 0.3) is 5.91 Å². The summed E-state index contributed by atoms with van der Waals surface area (Å²) in [4.78, 5) is 29.7. The molecule has 0 heterocycles. The van der Waals surface area contributed by atoms with Crippen molar-refractivity contribution in [3.05, 3.63) is 50.2 Å². The van der Waals surface area contributed by atoms with Gasteiger partial charge in [0.05, 0.1) is 13.2 Å². The Morgan fingerprint density at radius 1 is 1.27 bits per heavy atom. The Morgan fingerprint density at radius 2 is 1.96 bits per heavy atom. The number of benzene rings is 1. The number of aliphatic hydroxyl groups is 1. The molecule has 1 aromatic rings. The van der Waals surface area contributed by atoms with Crippen molar-refractivity contribution in [3.8, 4) is 0 Å². The first-order chi connectivity index (χ1) is 12.2. The van der Waals surface area contributed by atoms with E-state index >= 15 is 0 Å². The Labute approximate surface area is 149 Å². The van der Waals surface area contributed by atoms with Crippen LogP contribution in [0, 0.1) is 0 Å². The molecular formula is C15H19N7O4. The number of carbonyl (C=O) groups is 2. The van der Waals surface area contributed by atoms with Gasteiger partial charge in [0, 0.05) is 21.1 Å². The average molecular weight is 361 g/mol. The van der Waals surface area contributed by atoms with Crippen LogP contribution < -0.4 is 5.32 Å². The zero-order valence-corrected chi connectivity index (χ0v) is 14.6. The van der Waals surface area contributed by atoms with E-state index in [-0.39, 0.29) is 17.8 Å². The van der Waals surface area contributed by atoms with E-state index in [1.165, 1.54) is 18.2 Å². The maximum absolute atomic E-state index is 12.4. The predicted molar refractivity (Wildman–Crippen MR) is 92.3 cm³/mol. The van der Waals surface area contributed by atoms with Gasteiger partial charge in [0.1, 0.15) is 5.60 Å². The first-order valence-corrected chi connectivity index (χ1v) is 7.54. The minimum Gasteiger partial charge on any atom is -0.458 e. The number of ether oxygens (including phenoxy) is 1. The fraction of sp³-hybridized carbons (Fsp3) is 0.467. The molecule has 2 N–H and O–H groups in total. The molecule has 0 aliphatic rings. The molecule has 0 unspecified atom stereocenters. The van der Waals surface area contributed by atoms with Crippen molar-refractivity contribution in [1.82, 2.24) is 5.32 Å². The third-order valence-corrected chi connectivity index (χ3v) is 2.90. The highest BCUT2D eigenvalue weighted by atomic mass is 16.6. The number of aliphatic hydroxyl groups excluding tert-OH is 1. The molecule has 138 valence electrons. The zero-order valence-electron chi connectivity index (χ0n) is 14.6. The van der Waals surface area contributed by atoms with Crippen LogP contribution >= 0.6 is 0 Å². The number of rotatable bonds is 7. The summed E-state index contributed by atoms with van der Waals surface area (Å²) in [7, 11) is 0. The van der Waals surface area contributed by atoms with E-state index in [0.717, 1.165) is 0 Å². The minimum atomic E-state index is -1.26. The lowest BCUT2D eigenvalue weighted by Gasteiger charge is -2.23. The average Bonchev–Trinajstić information content (AvgIpc) is 2.56. The van der Waals surface area contributed by atoms with E-state index in [1.54, 1.807) is 20.8 Å². The number of nitrogens with one attached hydrogen (secondary N) is 1. The molecule has 0 saturated carbocycles. The second-order valence-corrected chi connectivity index (χ2v) is 6.21. The van der Waals surface area contributed by atoms with Crippen molar-refractivity contribution in [2.24, 2.45) is 10.2 Å². The highest BCUT2D eigenvalue weighted by molar-refractivity contribution is 5.97. The topological polar surface area (TPSA) is 173 Å². The molecule has 26 heavy (non-hydrogen) atoms. The van der Waals surface area contributed by atoms with Crippen LogP contribution in [0.4, 0.5) is 5.69 Å². The summed E-state index contributed by atoms with van der Waals surface area (Å²) in [6.07, 6.45) is 0. The molecule has 0 spiro atoms. The maximum Gasteiger partial charge on any atom is 0.331 e. The van der Waals surface area contributed by atoms with Crippen molar-refractivity contribution in [1.29, 1.82) is 0 Å². The van der Waals surface area contributed by atoms with Crippen LogP contribution in [0.1, 0.15) is 36.7 Å². The molecule has 1 amide bonds. The summed E-state index contributed by atoms with van der Waals surface area (Å²) in [6, 6.07) is 2.93. The monoisotopic (exact) mass is 361 g/mol. The van der Waals surface area contributed by atoms with E-state index in [4.69, 9.17) is 15.8 Å². The SMILES string of the molecule is CC(C)(C)OC(=O)[C@H](CO)NC(=O)c1cc(CN=[N+]=[N-])cc(N=[N+]=[N-])c1. The standard InChI is InChI=1S/C15H19N7O4/c1-15(2,3)26-14(25)12(8-23)19-13(24)10-4-9(7-18-21-16)5-11(6-10)20-22-17/h4-6,12,23H,7-8H2,1-3H3,(H,19,24)/t12-/m0/s1. The van der Waals surface area contributed by atoms with Crippen molar-refractivity contribution >= 4 is 17.6 Å². The summed E-state index contributed by atoms with van der Waals surface area (Å²) in [6.45, 7) is 4.27. The van der Waals surface area contributed by atoms with Gasteiger partial charge in [-0.25, -0.2) is 4.79 Å². The van der Waals surface area contributed by atoms with Gasteiger partial charge in [-0.15, -0.1) is 0 Å². The lowest BCUT2D eigenvalue weighted by molar-refractivity contribution is -0.158. The first-order valence-electron chi connectivity index (χ1n) is 7.54. The van der Waals surface area contributed by atoms with Crippen LogP contribution in [0.15, 0.2) is 28.4 Å². The number of azide groups is 2. The van der Waals surface area contributed by atoms with Gasteiger partial charge in [0.2, 0.25) is 0 Å². The summed E-state index contributed by atoms with van der Waals surface area (Å²) in [5.74, 6) is -1.47. The zero-order chi connectivity index (χ0) is 19.7. The first kappa shape index (κ1) is 20.8. The van der Waals surface area contributed by atoms with Crippen molar-refractivity contribution < 1.29 is 19.4 Å². The Kier molecular flexibility index (Phi) is 7.42. The number of esters is 1. The van der Waals surface area contributed by atoms with Crippen molar-refractivity contribution in [3.63, 3.8) is 0 Å². The normalized spacial score (nSPS) is 11.5. The molecule has 0 bridgehead atoms. The summed E-state index contributed by atoms with van der Waals surface area (Å²) in [5.41, 5.74) is 16.8. The van der Waals surface area contributed by atoms with Crippen LogP contribution in [0.2, 0.25) is 0 Å². The number of nitrogens with zero attached hydrogens (tertiary/aromatic N) is 6. The molecule has 0 fully saturated rings. The van der Waals surface area contributed by atoms with Crippen LogP contribution in [0.5, 0.6) is 0 Å². The van der Waals surface area contributed by atoms with E-state index in [0.29, 0.717) is 5.56 Å². The quantitative estimate of drug-likeness (QED) is 0.329. The van der Waals surface area contributed by atoms with Crippen LogP contribution in [0.3, 0.4) is 0 Å². The van der Waals surface area contributed by atoms with Gasteiger partial charge in [-0.1, -0.05) is 10.2 Å². The fourth-order valence-corrected chi connectivity index (χ4v) is 1.91. The lowest BCUT2D eigenvalue weighted by atomic mass is 10.1. The van der Waals surface area contributed by atoms with Gasteiger partial charge in [-0.05, 0) is 55.6 Å². The summed E-state index contributed by atoms with van der Waals surface area (Å²) < 4.78 is 5.13. The van der Waals surface area contributed by atoms with Gasteiger partial charge in [-0.3, -0.25) is 4.79 Å². The maximum atomic E-state index is 12.4. The molecule has 11 heteroatoms. The Morgan fingerprint density at radius 3 is 2.50 bits per heavy atom. The second-order valence-electron chi connectivity index (χ2n) is 6.21. The van der Waals surface area contributed by atoms with Gasteiger partial charge < -0.3 is 15.2 Å². The molecule has 1 aromatic carbocycles. The Balaban J connectivity index is 3.06. The van der Waals surface area contributed by atoms with Crippen LogP contribution in [-0.2, 0) is 16.1 Å². The number of carbonyl (C=O) groups excluding carboxylic acids is 2. The van der Waals surface area contributed by atoms with E-state index in [1.807, 2.05) is 0 Å². The molecule has 0 aliphatic carbocycles. The molecule has 0 saturated heterocycles. The third kappa shape index (κ3) is 6.70. The molecular weight excluding hydrogens is 342 g/mol. The molecule has 0 aromatic heterocycles. The number of hydrogen-bond donors (Lipinski definition) is 2. The van der Waals surface area contributed by atoms with E-state index in [9.17, 15) is 14.7 Å². The minimum absolute atomic E-state index is 0.0545. The van der Waals surface area contributed by atoms with Crippen molar-refractivity contribution in [2.45, 2.75) is 39.0 Å². The fourth-order valence-electron chi connectivity index (χ4n) is 1.91. The van der Waals surface area contributed by atoms with Crippen LogP contribution in [0.25, 0.3) is 20.9 Å². The highest BCUT2D eigenvalue weighted by Gasteiger charge is 2.26. The molecule has 0 aliphatic heterocycles. The summed E-state index contributed by atoms with van der Waals surface area (Å²) in [5, 5.41) is 18.5. The van der Waals surface area contributed by atoms with Gasteiger partial charge in [-0.2, -0.15) is 0 Å². The molecule has 11 nitrogen and oxygen atoms in total. The molecule has 1 atom stereocenters. The molecule has 1 rings (SSSR count). The largest absolute Gasteiger partial charge is 0.458 e. The number of amides is 1. The smallest absolute Gasteiger partial charge is 0.331 e. The number of hydrogen-bond acceptors (Lipinski definition) is 6. The predicted octanol–water partition coefficient (Wildman–Crippen LogP) is 2.87. The summed E-state index contributed by atoms with van der Waals surface area (Å²) >= 11 is 0.